The lowest BCUT2D eigenvalue weighted by Crippen LogP contribution is -2.37. The molecule has 0 aromatic carbocycles. The van der Waals surface area contributed by atoms with E-state index in [-0.39, 0.29) is 5.91 Å². The minimum absolute atomic E-state index is 0.270. The summed E-state index contributed by atoms with van der Waals surface area (Å²) >= 11 is 1.67. The molecule has 1 rings (SSSR count). The van der Waals surface area contributed by atoms with E-state index in [2.05, 4.69) is 30.2 Å². The van der Waals surface area contributed by atoms with Crippen molar-refractivity contribution >= 4 is 17.2 Å². The lowest BCUT2D eigenvalue weighted by Gasteiger charge is -2.24. The fraction of sp³-hybridized carbons (Fsp3) is 0.500. The molecule has 0 spiro atoms. The molecule has 0 unspecified atom stereocenters. The van der Waals surface area contributed by atoms with Crippen LogP contribution in [0.5, 0.6) is 0 Å². The highest BCUT2D eigenvalue weighted by atomic mass is 32.1. The predicted molar refractivity (Wildman–Crippen MR) is 59.1 cm³/mol. The maximum Gasteiger partial charge on any atom is 0.231 e. The molecule has 0 saturated heterocycles. The molecule has 4 heteroatoms. The minimum Gasteiger partial charge on any atom is -0.369 e. The number of rotatable bonds is 5. The average Bonchev–Trinajstić information content (AvgIpc) is 2.54. The van der Waals surface area contributed by atoms with E-state index in [9.17, 15) is 4.79 Å². The van der Waals surface area contributed by atoms with Crippen molar-refractivity contribution in [3.05, 3.63) is 22.4 Å². The molecule has 78 valence electrons. The third-order valence-corrected chi connectivity index (χ3v) is 2.79. The summed E-state index contributed by atoms with van der Waals surface area (Å²) in [4.78, 5) is 12.9. The Bertz CT molecular complexity index is 282. The zero-order valence-electron chi connectivity index (χ0n) is 8.56. The van der Waals surface area contributed by atoms with Crippen molar-refractivity contribution < 1.29 is 4.79 Å². The van der Waals surface area contributed by atoms with Crippen molar-refractivity contribution in [2.45, 2.75) is 26.4 Å². The van der Waals surface area contributed by atoms with Crippen molar-refractivity contribution in [2.24, 2.45) is 5.73 Å². The van der Waals surface area contributed by atoms with Gasteiger partial charge in [0.2, 0.25) is 5.91 Å². The van der Waals surface area contributed by atoms with Gasteiger partial charge in [-0.15, -0.1) is 0 Å². The fourth-order valence-corrected chi connectivity index (χ4v) is 1.90. The topological polar surface area (TPSA) is 46.3 Å². The normalized spacial score (nSPS) is 11.1. The Balaban J connectivity index is 2.56. The van der Waals surface area contributed by atoms with Crippen molar-refractivity contribution in [1.82, 2.24) is 4.90 Å². The van der Waals surface area contributed by atoms with Gasteiger partial charge in [-0.3, -0.25) is 9.69 Å². The second-order valence-electron chi connectivity index (χ2n) is 3.60. The molecular formula is C10H16N2OS. The second kappa shape index (κ2) is 5.12. The van der Waals surface area contributed by atoms with E-state index in [0.29, 0.717) is 12.6 Å². The van der Waals surface area contributed by atoms with Gasteiger partial charge in [-0.2, -0.15) is 11.3 Å². The van der Waals surface area contributed by atoms with Crippen LogP contribution in [0.15, 0.2) is 16.8 Å². The summed E-state index contributed by atoms with van der Waals surface area (Å²) in [6, 6.07) is 2.41. The number of amides is 1. The third kappa shape index (κ3) is 3.47. The number of carbonyl (C=O) groups is 1. The molecule has 0 saturated carbocycles. The molecule has 1 aromatic rings. The van der Waals surface area contributed by atoms with Gasteiger partial charge >= 0.3 is 0 Å². The number of thiophene rings is 1. The Kier molecular flexibility index (Phi) is 4.10. The van der Waals surface area contributed by atoms with E-state index in [1.54, 1.807) is 11.3 Å². The molecule has 0 aliphatic heterocycles. The van der Waals surface area contributed by atoms with Gasteiger partial charge in [-0.1, -0.05) is 0 Å². The van der Waals surface area contributed by atoms with Gasteiger partial charge in [0.15, 0.2) is 0 Å². The molecule has 0 aliphatic rings. The maximum absolute atomic E-state index is 10.8. The Hall–Kier alpha value is -0.870. The van der Waals surface area contributed by atoms with Crippen LogP contribution in [0.3, 0.4) is 0 Å². The molecule has 0 radical (unpaired) electrons. The number of carbonyl (C=O) groups excluding carboxylic acids is 1. The van der Waals surface area contributed by atoms with Gasteiger partial charge in [-0.25, -0.2) is 0 Å². The van der Waals surface area contributed by atoms with Crippen LogP contribution in [0.4, 0.5) is 0 Å². The lowest BCUT2D eigenvalue weighted by atomic mass is 10.2. The van der Waals surface area contributed by atoms with E-state index in [4.69, 9.17) is 5.73 Å². The third-order valence-electron chi connectivity index (χ3n) is 2.05. The Morgan fingerprint density at radius 3 is 2.79 bits per heavy atom. The number of hydrogen-bond acceptors (Lipinski definition) is 3. The summed E-state index contributed by atoms with van der Waals surface area (Å²) < 4.78 is 0. The summed E-state index contributed by atoms with van der Waals surface area (Å²) in [5, 5.41) is 4.13. The quantitative estimate of drug-likeness (QED) is 0.803. The first-order valence-corrected chi connectivity index (χ1v) is 5.57. The van der Waals surface area contributed by atoms with Crippen molar-refractivity contribution in [2.75, 3.05) is 6.54 Å². The zero-order chi connectivity index (χ0) is 10.6. The monoisotopic (exact) mass is 212 g/mol. The van der Waals surface area contributed by atoms with Gasteiger partial charge in [0.1, 0.15) is 0 Å². The van der Waals surface area contributed by atoms with Crippen LogP contribution in [0, 0.1) is 0 Å². The second-order valence-corrected chi connectivity index (χ2v) is 4.38. The molecule has 14 heavy (non-hydrogen) atoms. The maximum atomic E-state index is 10.8. The number of nitrogens with two attached hydrogens (primary N) is 1. The first-order valence-electron chi connectivity index (χ1n) is 4.63. The molecule has 1 amide bonds. The van der Waals surface area contributed by atoms with Crippen molar-refractivity contribution in [3.8, 4) is 0 Å². The molecular weight excluding hydrogens is 196 g/mol. The van der Waals surface area contributed by atoms with Gasteiger partial charge in [0.25, 0.3) is 0 Å². The largest absolute Gasteiger partial charge is 0.369 e. The van der Waals surface area contributed by atoms with Crippen LogP contribution in [0.1, 0.15) is 19.4 Å². The standard InChI is InChI=1S/C10H16N2OS/c1-8(2)12(6-10(11)13)5-9-3-4-14-7-9/h3-4,7-8H,5-6H2,1-2H3,(H2,11,13). The van der Waals surface area contributed by atoms with E-state index < -0.39 is 0 Å². The number of primary amides is 1. The fourth-order valence-electron chi connectivity index (χ4n) is 1.24. The highest BCUT2D eigenvalue weighted by Gasteiger charge is 2.12. The molecule has 0 fully saturated rings. The molecule has 0 aliphatic carbocycles. The summed E-state index contributed by atoms with van der Waals surface area (Å²) in [5.74, 6) is -0.270. The van der Waals surface area contributed by atoms with Crippen LogP contribution >= 0.6 is 11.3 Å². The molecule has 3 nitrogen and oxygen atoms in total. The van der Waals surface area contributed by atoms with Crippen molar-refractivity contribution in [1.29, 1.82) is 0 Å². The Labute approximate surface area is 88.5 Å². The first-order chi connectivity index (χ1) is 6.59. The Morgan fingerprint density at radius 2 is 2.36 bits per heavy atom. The van der Waals surface area contributed by atoms with Crippen LogP contribution in [0.2, 0.25) is 0 Å². The highest BCUT2D eigenvalue weighted by molar-refractivity contribution is 7.07. The van der Waals surface area contributed by atoms with Gasteiger partial charge in [0.05, 0.1) is 6.54 Å². The molecule has 1 aromatic heterocycles. The summed E-state index contributed by atoms with van der Waals surface area (Å²) in [5.41, 5.74) is 6.42. The molecule has 0 bridgehead atoms. The Morgan fingerprint density at radius 1 is 1.64 bits per heavy atom. The van der Waals surface area contributed by atoms with E-state index in [0.717, 1.165) is 6.54 Å². The minimum atomic E-state index is -0.270. The smallest absolute Gasteiger partial charge is 0.231 e. The predicted octanol–water partition coefficient (Wildman–Crippen LogP) is 1.44. The van der Waals surface area contributed by atoms with Crippen molar-refractivity contribution in [3.63, 3.8) is 0 Å². The van der Waals surface area contributed by atoms with E-state index >= 15 is 0 Å². The van der Waals surface area contributed by atoms with Crippen LogP contribution in [0.25, 0.3) is 0 Å². The van der Waals surface area contributed by atoms with Gasteiger partial charge < -0.3 is 5.73 Å². The van der Waals surface area contributed by atoms with Gasteiger partial charge in [-0.05, 0) is 36.2 Å². The lowest BCUT2D eigenvalue weighted by molar-refractivity contribution is -0.119. The number of hydrogen-bond donors (Lipinski definition) is 1. The van der Waals surface area contributed by atoms with Crippen LogP contribution in [-0.2, 0) is 11.3 Å². The first kappa shape index (κ1) is 11.2. The summed E-state index contributed by atoms with van der Waals surface area (Å²) in [6.07, 6.45) is 0. The van der Waals surface area contributed by atoms with E-state index in [1.807, 2.05) is 5.38 Å². The molecule has 2 N–H and O–H groups in total. The average molecular weight is 212 g/mol. The highest BCUT2D eigenvalue weighted by Crippen LogP contribution is 2.11. The van der Waals surface area contributed by atoms with E-state index in [1.165, 1.54) is 5.56 Å². The van der Waals surface area contributed by atoms with Gasteiger partial charge in [0, 0.05) is 12.6 Å². The SMILES string of the molecule is CC(C)N(CC(N)=O)Cc1ccsc1. The zero-order valence-corrected chi connectivity index (χ0v) is 9.38. The van der Waals surface area contributed by atoms with Crippen LogP contribution < -0.4 is 5.73 Å². The van der Waals surface area contributed by atoms with Crippen LogP contribution in [-0.4, -0.2) is 23.4 Å². The molecule has 0 atom stereocenters. The summed E-state index contributed by atoms with van der Waals surface area (Å²) in [7, 11) is 0. The summed E-state index contributed by atoms with van der Waals surface area (Å²) in [6.45, 7) is 5.25. The molecule has 1 heterocycles. The number of nitrogens with zero attached hydrogens (tertiary/aromatic N) is 1.